The van der Waals surface area contributed by atoms with Crippen molar-refractivity contribution in [3.8, 4) is 0 Å². The highest BCUT2D eigenvalue weighted by atomic mass is 16.6. The molecule has 7 heteroatoms. The summed E-state index contributed by atoms with van der Waals surface area (Å²) in [5.41, 5.74) is 1.96. The number of nitro benzene ring substituents is 1. The summed E-state index contributed by atoms with van der Waals surface area (Å²) in [6.45, 7) is 0.392. The number of quaternary nitrogens is 1. The van der Waals surface area contributed by atoms with Gasteiger partial charge in [0.2, 0.25) is 0 Å². The van der Waals surface area contributed by atoms with Crippen LogP contribution in [0.15, 0.2) is 18.2 Å². The molecule has 0 aliphatic carbocycles. The van der Waals surface area contributed by atoms with Crippen molar-refractivity contribution in [2.24, 2.45) is 0 Å². The van der Waals surface area contributed by atoms with Crippen LogP contribution >= 0.6 is 0 Å². The Labute approximate surface area is 111 Å². The lowest BCUT2D eigenvalue weighted by molar-refractivity contribution is -0.812. The van der Waals surface area contributed by atoms with E-state index in [1.165, 1.54) is 6.07 Å². The van der Waals surface area contributed by atoms with E-state index < -0.39 is 6.69 Å². The van der Waals surface area contributed by atoms with Crippen molar-refractivity contribution >= 4 is 17.8 Å². The Balaban J connectivity index is 2.14. The van der Waals surface area contributed by atoms with Gasteiger partial charge >= 0.3 is 6.69 Å². The largest absolute Gasteiger partial charge is 0.509 e. The van der Waals surface area contributed by atoms with Crippen LogP contribution in [0.1, 0.15) is 12.0 Å². The van der Waals surface area contributed by atoms with Crippen molar-refractivity contribution in [2.45, 2.75) is 13.0 Å². The van der Waals surface area contributed by atoms with Crippen LogP contribution in [-0.2, 0) is 15.9 Å². The fourth-order valence-electron chi connectivity index (χ4n) is 3.26. The molecule has 2 aliphatic heterocycles. The summed E-state index contributed by atoms with van der Waals surface area (Å²) in [4.78, 5) is 10.6. The Morgan fingerprint density at radius 1 is 1.37 bits per heavy atom. The van der Waals surface area contributed by atoms with Crippen LogP contribution in [0.5, 0.6) is 0 Å². The van der Waals surface area contributed by atoms with Gasteiger partial charge in [0.05, 0.1) is 4.92 Å². The van der Waals surface area contributed by atoms with Crippen molar-refractivity contribution < 1.29 is 18.6 Å². The second-order valence-electron chi connectivity index (χ2n) is 5.85. The van der Waals surface area contributed by atoms with Gasteiger partial charge in [-0.3, -0.25) is 10.1 Å². The third-order valence-electron chi connectivity index (χ3n) is 4.34. The van der Waals surface area contributed by atoms with Gasteiger partial charge in [0.1, 0.15) is 0 Å². The van der Waals surface area contributed by atoms with Crippen LogP contribution in [0.2, 0.25) is 0 Å². The summed E-state index contributed by atoms with van der Waals surface area (Å²) < 4.78 is 12.6. The standard InChI is InChI=1S/C12H17BN2O4/c1-15(2)6-3-7-18-13(15)12-8-11(14(16)17)5-4-10(12)9-19-13/h4-5,8H,3,6-7,9H2,1-2H3. The molecule has 0 amide bonds. The van der Waals surface area contributed by atoms with Crippen molar-refractivity contribution in [3.63, 3.8) is 0 Å². The highest BCUT2D eigenvalue weighted by molar-refractivity contribution is 6.76. The molecule has 1 aromatic carbocycles. The quantitative estimate of drug-likeness (QED) is 0.427. The topological polar surface area (TPSA) is 61.6 Å². The Morgan fingerprint density at radius 3 is 2.84 bits per heavy atom. The molecular formula is C12H17BN2O4. The molecule has 0 N–H and O–H groups in total. The molecule has 1 unspecified atom stereocenters. The van der Waals surface area contributed by atoms with Gasteiger partial charge in [-0.05, 0) is 11.6 Å². The molecule has 1 saturated heterocycles. The zero-order valence-electron chi connectivity index (χ0n) is 11.2. The second-order valence-corrected chi connectivity index (χ2v) is 5.85. The third kappa shape index (κ3) is 1.69. The Hall–Kier alpha value is -1.44. The third-order valence-corrected chi connectivity index (χ3v) is 4.34. The summed E-state index contributed by atoms with van der Waals surface area (Å²) in [6, 6.07) is 4.93. The molecule has 6 nitrogen and oxygen atoms in total. The molecule has 1 aromatic rings. The second kappa shape index (κ2) is 4.03. The van der Waals surface area contributed by atoms with Gasteiger partial charge in [-0.25, -0.2) is 0 Å². The number of hydrogen-bond donors (Lipinski definition) is 0. The molecule has 2 heterocycles. The minimum atomic E-state index is -1.66. The number of nitro groups is 1. The number of nitrogens with zero attached hydrogens (tertiary/aromatic N) is 2. The molecule has 19 heavy (non-hydrogen) atoms. The lowest BCUT2D eigenvalue weighted by atomic mass is 9.59. The summed E-state index contributed by atoms with van der Waals surface area (Å²) >= 11 is 0. The molecule has 0 radical (unpaired) electrons. The average Bonchev–Trinajstić information content (AvgIpc) is 2.73. The van der Waals surface area contributed by atoms with E-state index >= 15 is 0 Å². The van der Waals surface area contributed by atoms with Gasteiger partial charge in [0.15, 0.2) is 0 Å². The molecule has 1 atom stereocenters. The molecule has 1 fully saturated rings. The van der Waals surface area contributed by atoms with E-state index in [-0.39, 0.29) is 10.6 Å². The number of hydrogen-bond acceptors (Lipinski definition) is 4. The summed E-state index contributed by atoms with van der Waals surface area (Å²) in [5.74, 6) is 0. The number of benzene rings is 1. The first kappa shape index (κ1) is 12.6. The molecular weight excluding hydrogens is 247 g/mol. The van der Waals surface area contributed by atoms with Crippen molar-refractivity contribution in [1.82, 2.24) is 0 Å². The van der Waals surface area contributed by atoms with E-state index in [4.69, 9.17) is 9.31 Å². The highest BCUT2D eigenvalue weighted by Gasteiger charge is 2.54. The van der Waals surface area contributed by atoms with Gasteiger partial charge in [0, 0.05) is 46.3 Å². The smallest absolute Gasteiger partial charge is 0.502 e. The molecule has 0 aromatic heterocycles. The van der Waals surface area contributed by atoms with Crippen LogP contribution in [0, 0.1) is 10.1 Å². The molecule has 2 aliphatic rings. The summed E-state index contributed by atoms with van der Waals surface area (Å²) in [6.07, 6.45) is 0.976. The normalized spacial score (nSPS) is 28.3. The van der Waals surface area contributed by atoms with Crippen molar-refractivity contribution in [2.75, 3.05) is 27.2 Å². The van der Waals surface area contributed by atoms with Crippen molar-refractivity contribution in [3.05, 3.63) is 33.9 Å². The van der Waals surface area contributed by atoms with Crippen LogP contribution in [0.25, 0.3) is 0 Å². The van der Waals surface area contributed by atoms with Gasteiger partial charge in [0.25, 0.3) is 5.69 Å². The zero-order valence-corrected chi connectivity index (χ0v) is 11.2. The number of rotatable bonds is 1. The Morgan fingerprint density at radius 2 is 2.16 bits per heavy atom. The van der Waals surface area contributed by atoms with E-state index in [1.807, 2.05) is 0 Å². The SMILES string of the molecule is C[N+]1(C)CCCO[B-]12OCc1ccc([N+](=O)[O-])cc12. The zero-order chi connectivity index (χ0) is 13.7. The fraction of sp³-hybridized carbons (Fsp3) is 0.500. The van der Waals surface area contributed by atoms with Crippen molar-refractivity contribution in [1.29, 1.82) is 0 Å². The first-order valence-electron chi connectivity index (χ1n) is 6.49. The monoisotopic (exact) mass is 264 g/mol. The molecule has 102 valence electrons. The van der Waals surface area contributed by atoms with E-state index in [9.17, 15) is 10.1 Å². The van der Waals surface area contributed by atoms with Crippen LogP contribution in [0.3, 0.4) is 0 Å². The van der Waals surface area contributed by atoms with E-state index in [2.05, 4.69) is 14.1 Å². The van der Waals surface area contributed by atoms with Crippen LogP contribution in [-0.4, -0.2) is 43.3 Å². The Bertz CT molecular complexity index is 545. The van der Waals surface area contributed by atoms with Gasteiger partial charge in [-0.2, -0.15) is 0 Å². The minimum absolute atomic E-state index is 0.0969. The Kier molecular flexibility index (Phi) is 2.67. The van der Waals surface area contributed by atoms with Crippen LogP contribution < -0.4 is 5.46 Å². The maximum atomic E-state index is 11.0. The maximum absolute atomic E-state index is 11.0. The average molecular weight is 264 g/mol. The molecule has 1 spiro atoms. The lowest BCUT2D eigenvalue weighted by Gasteiger charge is -2.55. The first-order valence-corrected chi connectivity index (χ1v) is 6.49. The van der Waals surface area contributed by atoms with E-state index in [0.717, 1.165) is 24.0 Å². The molecule has 0 saturated carbocycles. The predicted octanol–water partition coefficient (Wildman–Crippen LogP) is 0.768. The highest BCUT2D eigenvalue weighted by Crippen LogP contribution is 2.32. The number of non-ortho nitro benzene ring substituents is 1. The number of fused-ring (bicyclic) bond motifs is 2. The van der Waals surface area contributed by atoms with E-state index in [0.29, 0.717) is 17.6 Å². The molecule has 0 bridgehead atoms. The fourth-order valence-corrected chi connectivity index (χ4v) is 3.26. The summed E-state index contributed by atoms with van der Waals surface area (Å²) in [5, 5.41) is 11.0. The van der Waals surface area contributed by atoms with E-state index in [1.54, 1.807) is 12.1 Å². The minimum Gasteiger partial charge on any atom is -0.509 e. The van der Waals surface area contributed by atoms with Gasteiger partial charge in [-0.15, -0.1) is 0 Å². The van der Waals surface area contributed by atoms with Crippen LogP contribution in [0.4, 0.5) is 5.69 Å². The lowest BCUT2D eigenvalue weighted by Crippen LogP contribution is -2.74. The van der Waals surface area contributed by atoms with Gasteiger partial charge in [-0.1, -0.05) is 11.5 Å². The molecule has 3 rings (SSSR count). The van der Waals surface area contributed by atoms with Gasteiger partial charge < -0.3 is 13.7 Å². The maximum Gasteiger partial charge on any atom is 0.502 e. The summed E-state index contributed by atoms with van der Waals surface area (Å²) in [7, 11) is 4.13. The first-order chi connectivity index (χ1) is 8.96. The predicted molar refractivity (Wildman–Crippen MR) is 70.8 cm³/mol.